The summed E-state index contributed by atoms with van der Waals surface area (Å²) in [6, 6.07) is 6.96. The van der Waals surface area contributed by atoms with Gasteiger partial charge >= 0.3 is 0 Å². The summed E-state index contributed by atoms with van der Waals surface area (Å²) >= 11 is 0. The van der Waals surface area contributed by atoms with Gasteiger partial charge in [-0.3, -0.25) is 10.5 Å². The van der Waals surface area contributed by atoms with E-state index in [1.807, 2.05) is 31.1 Å². The molecule has 0 saturated heterocycles. The molecule has 0 unspecified atom stereocenters. The van der Waals surface area contributed by atoms with E-state index in [0.29, 0.717) is 5.56 Å². The van der Waals surface area contributed by atoms with Crippen molar-refractivity contribution in [2.24, 2.45) is 0 Å². The number of hydrogen-bond donors (Lipinski definition) is 0. The number of nitrogens with zero attached hydrogens (tertiary/aromatic N) is 1. The van der Waals surface area contributed by atoms with Gasteiger partial charge in [-0.25, -0.2) is 0 Å². The van der Waals surface area contributed by atoms with E-state index in [4.69, 9.17) is 5.73 Å². The monoisotopic (exact) mass is 163 g/mol. The van der Waals surface area contributed by atoms with Crippen LogP contribution >= 0.6 is 0 Å². The lowest BCUT2D eigenvalue weighted by Crippen LogP contribution is -2.08. The maximum atomic E-state index is 10.6. The van der Waals surface area contributed by atoms with Gasteiger partial charge in [-0.15, -0.1) is 0 Å². The van der Waals surface area contributed by atoms with Crippen LogP contribution in [0.4, 0.5) is 5.69 Å². The standard InChI is InChI=1S/C9H11N2O/c1-11(2)8-5-3-7(4-6-8)9(10)12/h3-6,10H,1-2H3. The first-order valence-electron chi connectivity index (χ1n) is 3.64. The first-order chi connectivity index (χ1) is 5.61. The topological polar surface area (TPSA) is 44.1 Å². The highest BCUT2D eigenvalue weighted by molar-refractivity contribution is 5.92. The minimum absolute atomic E-state index is 0.431. The summed E-state index contributed by atoms with van der Waals surface area (Å²) < 4.78 is 0. The summed E-state index contributed by atoms with van der Waals surface area (Å²) in [4.78, 5) is 12.5. The SMILES string of the molecule is CN(C)c1ccc(C([NH])=O)cc1. The predicted molar refractivity (Wildman–Crippen MR) is 48.2 cm³/mol. The normalized spacial score (nSPS) is 9.50. The molecule has 0 aliphatic carbocycles. The van der Waals surface area contributed by atoms with Crippen molar-refractivity contribution in [2.75, 3.05) is 19.0 Å². The van der Waals surface area contributed by atoms with Gasteiger partial charge in [0.25, 0.3) is 5.91 Å². The fraction of sp³-hybridized carbons (Fsp3) is 0.222. The zero-order valence-corrected chi connectivity index (χ0v) is 7.16. The van der Waals surface area contributed by atoms with Gasteiger partial charge < -0.3 is 4.90 Å². The second-order valence-electron chi connectivity index (χ2n) is 2.77. The first kappa shape index (κ1) is 8.59. The predicted octanol–water partition coefficient (Wildman–Crippen LogP) is 1.18. The summed E-state index contributed by atoms with van der Waals surface area (Å²) in [7, 11) is 3.86. The van der Waals surface area contributed by atoms with Gasteiger partial charge in [0.2, 0.25) is 0 Å². The lowest BCUT2D eigenvalue weighted by Gasteiger charge is -2.11. The van der Waals surface area contributed by atoms with Gasteiger partial charge in [-0.1, -0.05) is 0 Å². The van der Waals surface area contributed by atoms with Crippen LogP contribution in [0.3, 0.4) is 0 Å². The summed E-state index contributed by atoms with van der Waals surface area (Å²) in [5.41, 5.74) is 8.30. The maximum Gasteiger partial charge on any atom is 0.269 e. The Kier molecular flexibility index (Phi) is 2.33. The van der Waals surface area contributed by atoms with Crippen LogP contribution in [0.15, 0.2) is 24.3 Å². The van der Waals surface area contributed by atoms with Crippen LogP contribution in [0.2, 0.25) is 0 Å². The Morgan fingerprint density at radius 2 is 1.75 bits per heavy atom. The fourth-order valence-corrected chi connectivity index (χ4v) is 0.911. The smallest absolute Gasteiger partial charge is 0.269 e. The number of anilines is 1. The van der Waals surface area contributed by atoms with Crippen LogP contribution in [0.1, 0.15) is 10.4 Å². The van der Waals surface area contributed by atoms with Gasteiger partial charge in [0.1, 0.15) is 0 Å². The quantitative estimate of drug-likeness (QED) is 0.657. The molecule has 0 spiro atoms. The zero-order chi connectivity index (χ0) is 9.14. The molecule has 1 aromatic carbocycles. The lowest BCUT2D eigenvalue weighted by molar-refractivity contribution is 0.0992. The molecule has 0 atom stereocenters. The lowest BCUT2D eigenvalue weighted by atomic mass is 10.2. The Hall–Kier alpha value is -1.51. The number of rotatable bonds is 2. The third-order valence-electron chi connectivity index (χ3n) is 1.65. The molecule has 1 aromatic rings. The molecule has 0 fully saturated rings. The number of benzene rings is 1. The number of carbonyl (C=O) groups is 1. The van der Waals surface area contributed by atoms with Crippen LogP contribution in [0, 0.1) is 0 Å². The Morgan fingerprint density at radius 3 is 2.08 bits per heavy atom. The number of hydrogen-bond acceptors (Lipinski definition) is 2. The third kappa shape index (κ3) is 1.75. The third-order valence-corrected chi connectivity index (χ3v) is 1.65. The highest BCUT2D eigenvalue weighted by Crippen LogP contribution is 2.11. The number of carbonyl (C=O) groups excluding carboxylic acids is 1. The van der Waals surface area contributed by atoms with E-state index in [1.165, 1.54) is 0 Å². The molecule has 12 heavy (non-hydrogen) atoms. The van der Waals surface area contributed by atoms with Crippen LogP contribution in [0.25, 0.3) is 0 Å². The van der Waals surface area contributed by atoms with E-state index in [1.54, 1.807) is 12.1 Å². The molecule has 3 nitrogen and oxygen atoms in total. The van der Waals surface area contributed by atoms with E-state index < -0.39 is 5.91 Å². The molecule has 0 aliphatic rings. The largest absolute Gasteiger partial charge is 0.378 e. The van der Waals surface area contributed by atoms with Gasteiger partial charge in [0.05, 0.1) is 0 Å². The molecular weight excluding hydrogens is 152 g/mol. The average Bonchev–Trinajstić information content (AvgIpc) is 2.04. The molecule has 0 aromatic heterocycles. The van der Waals surface area contributed by atoms with Crippen molar-refractivity contribution in [3.8, 4) is 0 Å². The average molecular weight is 163 g/mol. The van der Waals surface area contributed by atoms with Crippen LogP contribution < -0.4 is 10.6 Å². The molecule has 1 rings (SSSR count). The fourth-order valence-electron chi connectivity index (χ4n) is 0.911. The molecule has 0 saturated carbocycles. The first-order valence-corrected chi connectivity index (χ1v) is 3.64. The maximum absolute atomic E-state index is 10.6. The highest BCUT2D eigenvalue weighted by atomic mass is 16.1. The minimum Gasteiger partial charge on any atom is -0.378 e. The minimum atomic E-state index is -0.639. The van der Waals surface area contributed by atoms with Crippen molar-refractivity contribution in [1.29, 1.82) is 0 Å². The zero-order valence-electron chi connectivity index (χ0n) is 7.16. The molecule has 0 aliphatic heterocycles. The van der Waals surface area contributed by atoms with E-state index in [2.05, 4.69) is 0 Å². The van der Waals surface area contributed by atoms with Gasteiger partial charge in [-0.2, -0.15) is 0 Å². The molecule has 0 bridgehead atoms. The van der Waals surface area contributed by atoms with E-state index in [0.717, 1.165) is 5.69 Å². The summed E-state index contributed by atoms with van der Waals surface area (Å²) in [5.74, 6) is -0.639. The summed E-state index contributed by atoms with van der Waals surface area (Å²) in [5, 5.41) is 0. The number of nitrogens with one attached hydrogen (secondary N) is 1. The highest BCUT2D eigenvalue weighted by Gasteiger charge is 2.00. The Morgan fingerprint density at radius 1 is 1.25 bits per heavy atom. The van der Waals surface area contributed by atoms with Crippen LogP contribution in [-0.2, 0) is 0 Å². The van der Waals surface area contributed by atoms with E-state index in [-0.39, 0.29) is 0 Å². The molecule has 1 N–H and O–H groups in total. The molecule has 1 radical (unpaired) electrons. The number of amides is 1. The molecule has 3 heteroatoms. The summed E-state index contributed by atoms with van der Waals surface area (Å²) in [6.45, 7) is 0. The van der Waals surface area contributed by atoms with Crippen molar-refractivity contribution in [1.82, 2.24) is 5.73 Å². The van der Waals surface area contributed by atoms with Crippen molar-refractivity contribution < 1.29 is 4.79 Å². The van der Waals surface area contributed by atoms with E-state index >= 15 is 0 Å². The molecule has 0 heterocycles. The van der Waals surface area contributed by atoms with Crippen molar-refractivity contribution >= 4 is 11.6 Å². The van der Waals surface area contributed by atoms with Crippen LogP contribution in [0.5, 0.6) is 0 Å². The molecule has 63 valence electrons. The molecular formula is C9H11N2O. The van der Waals surface area contributed by atoms with Crippen molar-refractivity contribution in [2.45, 2.75) is 0 Å². The van der Waals surface area contributed by atoms with Gasteiger partial charge in [0, 0.05) is 25.3 Å². The van der Waals surface area contributed by atoms with Crippen molar-refractivity contribution in [3.63, 3.8) is 0 Å². The molecule has 1 amide bonds. The van der Waals surface area contributed by atoms with Crippen LogP contribution in [-0.4, -0.2) is 20.0 Å². The Labute approximate surface area is 71.8 Å². The van der Waals surface area contributed by atoms with E-state index in [9.17, 15) is 4.79 Å². The second kappa shape index (κ2) is 3.26. The second-order valence-corrected chi connectivity index (χ2v) is 2.77. The van der Waals surface area contributed by atoms with Gasteiger partial charge in [-0.05, 0) is 24.3 Å². The van der Waals surface area contributed by atoms with Crippen molar-refractivity contribution in [3.05, 3.63) is 29.8 Å². The van der Waals surface area contributed by atoms with Gasteiger partial charge in [0.15, 0.2) is 0 Å². The Balaban J connectivity index is 2.93. The Bertz CT molecular complexity index is 277. The summed E-state index contributed by atoms with van der Waals surface area (Å²) in [6.07, 6.45) is 0.